The zero-order valence-corrected chi connectivity index (χ0v) is 11.9. The number of carbonyl (C=O) groups is 2. The summed E-state index contributed by atoms with van der Waals surface area (Å²) in [4.78, 5) is 31.8. The molecule has 0 unspecified atom stereocenters. The van der Waals surface area contributed by atoms with Crippen LogP contribution in [0, 0.1) is 0 Å². The molecule has 2 rings (SSSR count). The summed E-state index contributed by atoms with van der Waals surface area (Å²) >= 11 is 0. The fourth-order valence-electron chi connectivity index (χ4n) is 2.16. The monoisotopic (exact) mass is 276 g/mol. The van der Waals surface area contributed by atoms with E-state index in [-0.39, 0.29) is 18.4 Å². The second-order valence-electron chi connectivity index (χ2n) is 4.83. The first-order valence-corrected chi connectivity index (χ1v) is 6.86. The molecule has 6 heteroatoms. The quantitative estimate of drug-likeness (QED) is 0.887. The van der Waals surface area contributed by atoms with Gasteiger partial charge in [-0.3, -0.25) is 9.59 Å². The maximum atomic E-state index is 12.4. The Labute approximate surface area is 118 Å². The molecule has 1 aliphatic rings. The number of likely N-dealkylation sites (N-methyl/N-ethyl adjacent to an activating group) is 1. The smallest absolute Gasteiger partial charge is 0.273 e. The maximum Gasteiger partial charge on any atom is 0.273 e. The van der Waals surface area contributed by atoms with Crippen LogP contribution in [0.4, 0.5) is 5.82 Å². The number of rotatable bonds is 3. The van der Waals surface area contributed by atoms with Gasteiger partial charge in [-0.2, -0.15) is 0 Å². The molecule has 1 saturated heterocycles. The van der Waals surface area contributed by atoms with Gasteiger partial charge in [0.25, 0.3) is 5.91 Å². The minimum Gasteiger partial charge on any atom is -0.370 e. The molecule has 2 amide bonds. The summed E-state index contributed by atoms with van der Waals surface area (Å²) in [7, 11) is 1.76. The molecule has 0 saturated carbocycles. The van der Waals surface area contributed by atoms with Gasteiger partial charge < -0.3 is 15.1 Å². The van der Waals surface area contributed by atoms with Gasteiger partial charge in [-0.15, -0.1) is 0 Å². The van der Waals surface area contributed by atoms with Crippen LogP contribution in [-0.4, -0.2) is 59.8 Å². The summed E-state index contributed by atoms with van der Waals surface area (Å²) in [6.07, 6.45) is 0.793. The highest BCUT2D eigenvalue weighted by molar-refractivity contribution is 5.95. The fourth-order valence-corrected chi connectivity index (χ4v) is 2.16. The molecular weight excluding hydrogens is 256 g/mol. The predicted octanol–water partition coefficient (Wildman–Crippen LogP) is 0.818. The van der Waals surface area contributed by atoms with E-state index in [1.54, 1.807) is 29.0 Å². The normalized spacial score (nSPS) is 16.0. The summed E-state index contributed by atoms with van der Waals surface area (Å²) < 4.78 is 0. The zero-order chi connectivity index (χ0) is 14.5. The fraction of sp³-hybridized carbons (Fsp3) is 0.500. The lowest BCUT2D eigenvalue weighted by atomic mass is 10.3. The van der Waals surface area contributed by atoms with Crippen LogP contribution in [0.25, 0.3) is 0 Å². The molecule has 0 radical (unpaired) electrons. The molecule has 2 heterocycles. The average molecular weight is 276 g/mol. The number of hydrogen-bond donors (Lipinski definition) is 1. The van der Waals surface area contributed by atoms with E-state index in [1.807, 2.05) is 13.0 Å². The molecule has 108 valence electrons. The zero-order valence-electron chi connectivity index (χ0n) is 11.9. The third-order valence-corrected chi connectivity index (χ3v) is 3.29. The lowest BCUT2D eigenvalue weighted by Gasteiger charge is -2.19. The second-order valence-corrected chi connectivity index (χ2v) is 4.83. The topological polar surface area (TPSA) is 65.5 Å². The lowest BCUT2D eigenvalue weighted by molar-refractivity contribution is -0.129. The number of aromatic nitrogens is 1. The van der Waals surface area contributed by atoms with Gasteiger partial charge >= 0.3 is 0 Å². The Morgan fingerprint density at radius 2 is 2.20 bits per heavy atom. The Morgan fingerprint density at radius 1 is 1.40 bits per heavy atom. The lowest BCUT2D eigenvalue weighted by Crippen LogP contribution is -2.38. The maximum absolute atomic E-state index is 12.4. The van der Waals surface area contributed by atoms with Crippen molar-refractivity contribution < 1.29 is 9.59 Å². The van der Waals surface area contributed by atoms with E-state index in [1.165, 1.54) is 0 Å². The SMILES string of the molecule is CCNc1cccc(C(=O)N2CCCN(C)C(=O)C2)n1. The molecule has 0 aromatic carbocycles. The number of anilines is 1. The standard InChI is InChI=1S/C14H20N4O2/c1-3-15-12-7-4-6-11(16-12)14(20)18-9-5-8-17(2)13(19)10-18/h4,6-7H,3,5,8-10H2,1-2H3,(H,15,16). The summed E-state index contributed by atoms with van der Waals surface area (Å²) in [5.74, 6) is 0.462. The van der Waals surface area contributed by atoms with Crippen LogP contribution in [0.5, 0.6) is 0 Å². The second kappa shape index (κ2) is 6.36. The number of amides is 2. The van der Waals surface area contributed by atoms with E-state index >= 15 is 0 Å². The average Bonchev–Trinajstić information content (AvgIpc) is 2.61. The van der Waals surface area contributed by atoms with Crippen LogP contribution < -0.4 is 5.32 Å². The highest BCUT2D eigenvalue weighted by atomic mass is 16.2. The molecular formula is C14H20N4O2. The number of nitrogens with one attached hydrogen (secondary N) is 1. The minimum absolute atomic E-state index is 0.0290. The van der Waals surface area contributed by atoms with Crippen LogP contribution in [0.2, 0.25) is 0 Å². The van der Waals surface area contributed by atoms with Crippen molar-refractivity contribution in [1.29, 1.82) is 0 Å². The molecule has 0 bridgehead atoms. The molecule has 1 fully saturated rings. The van der Waals surface area contributed by atoms with Crippen LogP contribution in [0.1, 0.15) is 23.8 Å². The van der Waals surface area contributed by atoms with E-state index in [2.05, 4.69) is 10.3 Å². The van der Waals surface area contributed by atoms with Gasteiger partial charge in [0.1, 0.15) is 18.1 Å². The Balaban J connectivity index is 2.13. The molecule has 1 N–H and O–H groups in total. The van der Waals surface area contributed by atoms with Crippen molar-refractivity contribution in [3.05, 3.63) is 23.9 Å². The number of nitrogens with zero attached hydrogens (tertiary/aromatic N) is 3. The van der Waals surface area contributed by atoms with Gasteiger partial charge in [-0.1, -0.05) is 6.07 Å². The first-order chi connectivity index (χ1) is 9.61. The van der Waals surface area contributed by atoms with Crippen molar-refractivity contribution in [2.75, 3.05) is 38.5 Å². The van der Waals surface area contributed by atoms with Crippen molar-refractivity contribution >= 4 is 17.6 Å². The molecule has 0 aliphatic carbocycles. The van der Waals surface area contributed by atoms with Crippen LogP contribution in [0.15, 0.2) is 18.2 Å². The van der Waals surface area contributed by atoms with Crippen LogP contribution in [-0.2, 0) is 4.79 Å². The van der Waals surface area contributed by atoms with E-state index in [0.717, 1.165) is 13.0 Å². The Hall–Kier alpha value is -2.11. The largest absolute Gasteiger partial charge is 0.370 e. The van der Waals surface area contributed by atoms with Crippen molar-refractivity contribution in [3.8, 4) is 0 Å². The number of pyridine rings is 1. The van der Waals surface area contributed by atoms with Gasteiger partial charge in [-0.25, -0.2) is 4.98 Å². The van der Waals surface area contributed by atoms with E-state index in [9.17, 15) is 9.59 Å². The van der Waals surface area contributed by atoms with Gasteiger partial charge in [0, 0.05) is 26.7 Å². The van der Waals surface area contributed by atoms with E-state index in [0.29, 0.717) is 24.6 Å². The molecule has 1 aromatic rings. The van der Waals surface area contributed by atoms with Crippen molar-refractivity contribution in [2.45, 2.75) is 13.3 Å². The number of hydrogen-bond acceptors (Lipinski definition) is 4. The molecule has 1 aromatic heterocycles. The third kappa shape index (κ3) is 3.26. The van der Waals surface area contributed by atoms with Gasteiger partial charge in [0.15, 0.2) is 0 Å². The summed E-state index contributed by atoms with van der Waals surface area (Å²) in [5, 5.41) is 3.08. The van der Waals surface area contributed by atoms with E-state index in [4.69, 9.17) is 0 Å². The van der Waals surface area contributed by atoms with Gasteiger partial charge in [-0.05, 0) is 25.5 Å². The highest BCUT2D eigenvalue weighted by Crippen LogP contribution is 2.10. The summed E-state index contributed by atoms with van der Waals surface area (Å²) in [6.45, 7) is 4.12. The third-order valence-electron chi connectivity index (χ3n) is 3.29. The van der Waals surface area contributed by atoms with Gasteiger partial charge in [0.2, 0.25) is 5.91 Å². The van der Waals surface area contributed by atoms with Crippen molar-refractivity contribution in [3.63, 3.8) is 0 Å². The van der Waals surface area contributed by atoms with Crippen molar-refractivity contribution in [2.24, 2.45) is 0 Å². The number of carbonyl (C=O) groups excluding carboxylic acids is 2. The molecule has 20 heavy (non-hydrogen) atoms. The summed E-state index contributed by atoms with van der Waals surface area (Å²) in [5.41, 5.74) is 0.376. The van der Waals surface area contributed by atoms with E-state index < -0.39 is 0 Å². The molecule has 1 aliphatic heterocycles. The van der Waals surface area contributed by atoms with Gasteiger partial charge in [0.05, 0.1) is 0 Å². The summed E-state index contributed by atoms with van der Waals surface area (Å²) in [6, 6.07) is 5.30. The first kappa shape index (κ1) is 14.3. The van der Waals surface area contributed by atoms with Crippen LogP contribution >= 0.6 is 0 Å². The Morgan fingerprint density at radius 3 is 2.95 bits per heavy atom. The Bertz CT molecular complexity index is 504. The predicted molar refractivity (Wildman–Crippen MR) is 76.6 cm³/mol. The molecule has 0 spiro atoms. The van der Waals surface area contributed by atoms with Crippen LogP contribution in [0.3, 0.4) is 0 Å². The molecule has 6 nitrogen and oxygen atoms in total. The first-order valence-electron chi connectivity index (χ1n) is 6.86. The highest BCUT2D eigenvalue weighted by Gasteiger charge is 2.24. The minimum atomic E-state index is -0.187. The van der Waals surface area contributed by atoms with Crippen molar-refractivity contribution in [1.82, 2.24) is 14.8 Å². The Kier molecular flexibility index (Phi) is 4.55. The molecule has 0 atom stereocenters.